The Kier molecular flexibility index (Phi) is 5.38. The molecule has 2 rings (SSSR count). The molecule has 0 saturated heterocycles. The number of anilines is 1. The number of nitriles is 2. The van der Waals surface area contributed by atoms with Crippen molar-refractivity contribution in [1.82, 2.24) is 0 Å². The maximum absolute atomic E-state index is 12.2. The minimum absolute atomic E-state index is 0.342. The van der Waals surface area contributed by atoms with E-state index in [4.69, 9.17) is 20.0 Å². The van der Waals surface area contributed by atoms with E-state index >= 15 is 0 Å². The first-order valence-electron chi connectivity index (χ1n) is 7.13. The maximum Gasteiger partial charge on any atom is 0.265 e. The van der Waals surface area contributed by atoms with E-state index < -0.39 is 6.10 Å². The first kappa shape index (κ1) is 16.9. The topological polar surface area (TPSA) is 95.1 Å². The number of ether oxygens (including phenoxy) is 2. The van der Waals surface area contributed by atoms with Crippen LogP contribution in [0.4, 0.5) is 5.69 Å². The first-order valence-corrected chi connectivity index (χ1v) is 7.13. The van der Waals surface area contributed by atoms with Crippen molar-refractivity contribution in [3.8, 4) is 23.6 Å². The van der Waals surface area contributed by atoms with Crippen molar-refractivity contribution in [1.29, 1.82) is 10.5 Å². The van der Waals surface area contributed by atoms with E-state index in [0.29, 0.717) is 28.3 Å². The highest BCUT2D eigenvalue weighted by atomic mass is 16.5. The molecule has 2 aromatic rings. The number of rotatable bonds is 5. The highest BCUT2D eigenvalue weighted by molar-refractivity contribution is 5.94. The Morgan fingerprint density at radius 2 is 1.67 bits per heavy atom. The van der Waals surface area contributed by atoms with Gasteiger partial charge in [-0.25, -0.2) is 0 Å². The minimum Gasteiger partial charge on any atom is -0.493 e. The van der Waals surface area contributed by atoms with Crippen LogP contribution in [0.2, 0.25) is 0 Å². The van der Waals surface area contributed by atoms with Gasteiger partial charge >= 0.3 is 0 Å². The van der Waals surface area contributed by atoms with Gasteiger partial charge in [-0.05, 0) is 43.3 Å². The Morgan fingerprint density at radius 1 is 1.04 bits per heavy atom. The molecule has 0 aliphatic heterocycles. The number of nitrogens with one attached hydrogen (secondary N) is 1. The largest absolute Gasteiger partial charge is 0.493 e. The molecule has 0 unspecified atom stereocenters. The summed E-state index contributed by atoms with van der Waals surface area (Å²) in [6.07, 6.45) is -0.775. The van der Waals surface area contributed by atoms with Crippen LogP contribution in [0.5, 0.6) is 11.5 Å². The van der Waals surface area contributed by atoms with Gasteiger partial charge in [-0.15, -0.1) is 0 Å². The highest BCUT2D eigenvalue weighted by Gasteiger charge is 2.17. The van der Waals surface area contributed by atoms with Gasteiger partial charge in [0, 0.05) is 11.8 Å². The fourth-order valence-electron chi connectivity index (χ4n) is 1.95. The van der Waals surface area contributed by atoms with Crippen LogP contribution < -0.4 is 14.8 Å². The van der Waals surface area contributed by atoms with Crippen molar-refractivity contribution in [2.45, 2.75) is 13.0 Å². The molecule has 1 N–H and O–H groups in total. The molecule has 2 aromatic carbocycles. The van der Waals surface area contributed by atoms with E-state index in [1.54, 1.807) is 49.4 Å². The van der Waals surface area contributed by atoms with Crippen LogP contribution in [0, 0.1) is 22.7 Å². The van der Waals surface area contributed by atoms with Crippen molar-refractivity contribution in [2.24, 2.45) is 0 Å². The van der Waals surface area contributed by atoms with Gasteiger partial charge in [0.05, 0.1) is 30.4 Å². The molecule has 6 nitrogen and oxygen atoms in total. The van der Waals surface area contributed by atoms with Gasteiger partial charge in [-0.1, -0.05) is 0 Å². The van der Waals surface area contributed by atoms with E-state index in [-0.39, 0.29) is 5.91 Å². The zero-order chi connectivity index (χ0) is 17.5. The highest BCUT2D eigenvalue weighted by Crippen LogP contribution is 2.28. The molecule has 0 saturated carbocycles. The molecule has 24 heavy (non-hydrogen) atoms. The van der Waals surface area contributed by atoms with Gasteiger partial charge in [0.25, 0.3) is 5.91 Å². The summed E-state index contributed by atoms with van der Waals surface area (Å²) in [4.78, 5) is 12.2. The van der Waals surface area contributed by atoms with E-state index in [1.807, 2.05) is 12.1 Å². The zero-order valence-corrected chi connectivity index (χ0v) is 13.2. The number of hydrogen-bond donors (Lipinski definition) is 1. The number of carbonyl (C=O) groups excluding carboxylic acids is 1. The van der Waals surface area contributed by atoms with Gasteiger partial charge in [-0.2, -0.15) is 10.5 Å². The monoisotopic (exact) mass is 321 g/mol. The van der Waals surface area contributed by atoms with Crippen molar-refractivity contribution < 1.29 is 14.3 Å². The summed E-state index contributed by atoms with van der Waals surface area (Å²) < 4.78 is 10.8. The Morgan fingerprint density at radius 3 is 2.25 bits per heavy atom. The first-order chi connectivity index (χ1) is 11.6. The summed E-state index contributed by atoms with van der Waals surface area (Å²) in [6, 6.07) is 15.3. The van der Waals surface area contributed by atoms with Crippen LogP contribution in [0.1, 0.15) is 18.1 Å². The lowest BCUT2D eigenvalue weighted by molar-refractivity contribution is -0.122. The molecule has 0 spiro atoms. The molecule has 6 heteroatoms. The Hall–Kier alpha value is -3.51. The number of methoxy groups -OCH3 is 1. The quantitative estimate of drug-likeness (QED) is 0.913. The number of carbonyl (C=O) groups is 1. The molecule has 1 amide bonds. The van der Waals surface area contributed by atoms with Crippen molar-refractivity contribution in [3.05, 3.63) is 53.6 Å². The van der Waals surface area contributed by atoms with Crippen LogP contribution in [-0.4, -0.2) is 19.1 Å². The summed E-state index contributed by atoms with van der Waals surface area (Å²) >= 11 is 0. The second-order valence-corrected chi connectivity index (χ2v) is 4.92. The van der Waals surface area contributed by atoms with Crippen LogP contribution in [-0.2, 0) is 4.79 Å². The van der Waals surface area contributed by atoms with Crippen LogP contribution in [0.25, 0.3) is 0 Å². The molecule has 0 aliphatic carbocycles. The Balaban J connectivity index is 2.06. The summed E-state index contributed by atoms with van der Waals surface area (Å²) in [5, 5.41) is 20.4. The Bertz CT molecular complexity index is 817. The summed E-state index contributed by atoms with van der Waals surface area (Å²) in [6.45, 7) is 1.61. The van der Waals surface area contributed by atoms with Gasteiger partial charge < -0.3 is 14.8 Å². The molecule has 120 valence electrons. The minimum atomic E-state index is -0.775. The van der Waals surface area contributed by atoms with E-state index in [9.17, 15) is 4.79 Å². The lowest BCUT2D eigenvalue weighted by Gasteiger charge is -2.17. The van der Waals surface area contributed by atoms with Crippen LogP contribution in [0.3, 0.4) is 0 Å². The average molecular weight is 321 g/mol. The standard InChI is InChI=1S/C18H15N3O3/c1-12(18(22)21-15-6-3-13(10-19)4-7-15)24-16-8-5-14(11-20)9-17(16)23-2/h3-9,12H,1-2H3,(H,21,22)/t12-/m0/s1. The smallest absolute Gasteiger partial charge is 0.265 e. The molecule has 0 aliphatic rings. The summed E-state index contributed by atoms with van der Waals surface area (Å²) in [5.41, 5.74) is 1.52. The van der Waals surface area contributed by atoms with E-state index in [1.165, 1.54) is 7.11 Å². The predicted molar refractivity (Wildman–Crippen MR) is 87.6 cm³/mol. The summed E-state index contributed by atoms with van der Waals surface area (Å²) in [7, 11) is 1.46. The van der Waals surface area contributed by atoms with Crippen LogP contribution >= 0.6 is 0 Å². The molecule has 0 heterocycles. The molecule has 0 radical (unpaired) electrons. The van der Waals surface area contributed by atoms with Gasteiger partial charge in [-0.3, -0.25) is 4.79 Å². The SMILES string of the molecule is COc1cc(C#N)ccc1O[C@@H](C)C(=O)Nc1ccc(C#N)cc1. The van der Waals surface area contributed by atoms with Gasteiger partial charge in [0.1, 0.15) is 0 Å². The molecular weight excluding hydrogens is 306 g/mol. The summed E-state index contributed by atoms with van der Waals surface area (Å²) in [5.74, 6) is 0.414. The van der Waals surface area contributed by atoms with Gasteiger partial charge in [0.15, 0.2) is 17.6 Å². The van der Waals surface area contributed by atoms with Crippen molar-refractivity contribution in [2.75, 3.05) is 12.4 Å². The third-order valence-electron chi connectivity index (χ3n) is 3.25. The number of nitrogens with zero attached hydrogens (tertiary/aromatic N) is 2. The van der Waals surface area contributed by atoms with E-state index in [0.717, 1.165) is 0 Å². The third-order valence-corrected chi connectivity index (χ3v) is 3.25. The maximum atomic E-state index is 12.2. The fourth-order valence-corrected chi connectivity index (χ4v) is 1.95. The molecule has 0 aromatic heterocycles. The molecule has 0 fully saturated rings. The lowest BCUT2D eigenvalue weighted by Crippen LogP contribution is -2.30. The second kappa shape index (κ2) is 7.66. The fraction of sp³-hybridized carbons (Fsp3) is 0.167. The average Bonchev–Trinajstić information content (AvgIpc) is 2.62. The zero-order valence-electron chi connectivity index (χ0n) is 13.2. The van der Waals surface area contributed by atoms with E-state index in [2.05, 4.69) is 5.32 Å². The second-order valence-electron chi connectivity index (χ2n) is 4.92. The van der Waals surface area contributed by atoms with Crippen molar-refractivity contribution in [3.63, 3.8) is 0 Å². The van der Waals surface area contributed by atoms with Crippen LogP contribution in [0.15, 0.2) is 42.5 Å². The number of hydrogen-bond acceptors (Lipinski definition) is 5. The molecular formula is C18H15N3O3. The predicted octanol–water partition coefficient (Wildman–Crippen LogP) is 2.84. The number of benzene rings is 2. The molecule has 0 bridgehead atoms. The number of amides is 1. The van der Waals surface area contributed by atoms with Crippen molar-refractivity contribution >= 4 is 11.6 Å². The lowest BCUT2D eigenvalue weighted by atomic mass is 10.2. The van der Waals surface area contributed by atoms with Gasteiger partial charge in [0.2, 0.25) is 0 Å². The Labute approximate surface area is 139 Å². The molecule has 1 atom stereocenters. The normalized spacial score (nSPS) is 10.8. The third kappa shape index (κ3) is 4.02.